The Morgan fingerprint density at radius 1 is 1.19 bits per heavy atom. The van der Waals surface area contributed by atoms with Gasteiger partial charge in [-0.2, -0.15) is 0 Å². The molecule has 1 aliphatic heterocycles. The number of hydrogen-bond donors (Lipinski definition) is 0. The van der Waals surface area contributed by atoms with Crippen LogP contribution in [-0.4, -0.2) is 28.1 Å². The number of nitro groups is 1. The number of carbonyl (C=O) groups excluding carboxylic acids is 2. The average Bonchev–Trinajstić information content (AvgIpc) is 3.33. The second-order valence-electron chi connectivity index (χ2n) is 6.74. The molecule has 0 bridgehead atoms. The van der Waals surface area contributed by atoms with Gasteiger partial charge in [-0.1, -0.05) is 23.7 Å². The van der Waals surface area contributed by atoms with Gasteiger partial charge in [-0.15, -0.1) is 0 Å². The number of hydrogen-bond acceptors (Lipinski definition) is 7. The minimum Gasteiger partial charge on any atom is -0.496 e. The summed E-state index contributed by atoms with van der Waals surface area (Å²) >= 11 is 6.79. The molecule has 4 rings (SSSR count). The first-order valence-corrected chi connectivity index (χ1v) is 10.5. The van der Waals surface area contributed by atoms with Gasteiger partial charge in [0.25, 0.3) is 16.8 Å². The normalized spacial score (nSPS) is 14.9. The van der Waals surface area contributed by atoms with Gasteiger partial charge in [-0.3, -0.25) is 24.6 Å². The fourth-order valence-corrected chi connectivity index (χ4v) is 4.19. The van der Waals surface area contributed by atoms with Crippen molar-refractivity contribution in [2.24, 2.45) is 0 Å². The van der Waals surface area contributed by atoms with E-state index in [9.17, 15) is 19.7 Å². The highest BCUT2D eigenvalue weighted by Crippen LogP contribution is 2.37. The third-order valence-corrected chi connectivity index (χ3v) is 5.81. The van der Waals surface area contributed by atoms with E-state index in [1.165, 1.54) is 31.4 Å². The summed E-state index contributed by atoms with van der Waals surface area (Å²) in [7, 11) is 1.45. The molecule has 8 nitrogen and oxygen atoms in total. The molecule has 2 aromatic carbocycles. The number of benzene rings is 2. The van der Waals surface area contributed by atoms with Crippen LogP contribution in [0.25, 0.3) is 17.4 Å². The summed E-state index contributed by atoms with van der Waals surface area (Å²) in [5.41, 5.74) is 1.02. The lowest BCUT2D eigenvalue weighted by atomic mass is 10.1. The molecule has 3 aromatic rings. The van der Waals surface area contributed by atoms with E-state index in [4.69, 9.17) is 20.8 Å². The minimum atomic E-state index is -0.511. The van der Waals surface area contributed by atoms with Crippen LogP contribution in [0.2, 0.25) is 5.02 Å². The van der Waals surface area contributed by atoms with Gasteiger partial charge in [-0.05, 0) is 47.7 Å². The highest BCUT2D eigenvalue weighted by atomic mass is 35.5. The molecule has 0 spiro atoms. The Hall–Kier alpha value is -3.56. The van der Waals surface area contributed by atoms with E-state index in [0.29, 0.717) is 27.9 Å². The summed E-state index contributed by atoms with van der Waals surface area (Å²) in [4.78, 5) is 37.1. The van der Waals surface area contributed by atoms with E-state index in [1.54, 1.807) is 36.4 Å². The number of furan rings is 1. The summed E-state index contributed by atoms with van der Waals surface area (Å²) in [6.07, 6.45) is 1.47. The Balaban J connectivity index is 1.58. The highest BCUT2D eigenvalue weighted by molar-refractivity contribution is 8.18. The van der Waals surface area contributed by atoms with E-state index in [1.807, 2.05) is 0 Å². The molecule has 2 heterocycles. The molecule has 0 N–H and O–H groups in total. The Kier molecular flexibility index (Phi) is 6.02. The summed E-state index contributed by atoms with van der Waals surface area (Å²) in [5, 5.41) is 11.2. The summed E-state index contributed by atoms with van der Waals surface area (Å²) in [6.45, 7) is 0.108. The molecular weight excluding hydrogens is 456 g/mol. The number of amides is 2. The molecule has 0 unspecified atom stereocenters. The standard InChI is InChI=1S/C22H15ClN2O6S/c1-30-18-7-5-15(25(28)29)10-17(18)19-8-6-16(31-19)11-20-21(26)24(22(27)32-20)12-13-3-2-4-14(23)9-13/h2-11H,12H2,1H3/b20-11-. The first kappa shape index (κ1) is 21.7. The second kappa shape index (κ2) is 8.89. The van der Waals surface area contributed by atoms with Crippen molar-refractivity contribution in [3.63, 3.8) is 0 Å². The van der Waals surface area contributed by atoms with Crippen molar-refractivity contribution in [1.29, 1.82) is 0 Å². The molecular formula is C22H15ClN2O6S. The van der Waals surface area contributed by atoms with Crippen molar-refractivity contribution in [2.45, 2.75) is 6.54 Å². The maximum atomic E-state index is 12.8. The lowest BCUT2D eigenvalue weighted by Gasteiger charge is -2.12. The maximum Gasteiger partial charge on any atom is 0.293 e. The Morgan fingerprint density at radius 3 is 2.72 bits per heavy atom. The van der Waals surface area contributed by atoms with Gasteiger partial charge in [0, 0.05) is 23.2 Å². The SMILES string of the molecule is COc1ccc([N+](=O)[O-])cc1-c1ccc(/C=C2\SC(=O)N(Cc3cccc(Cl)c3)C2=O)o1. The zero-order valence-corrected chi connectivity index (χ0v) is 18.2. The zero-order valence-electron chi connectivity index (χ0n) is 16.6. The van der Waals surface area contributed by atoms with Gasteiger partial charge < -0.3 is 9.15 Å². The number of rotatable bonds is 6. The Bertz CT molecular complexity index is 1270. The van der Waals surface area contributed by atoms with E-state index in [2.05, 4.69) is 0 Å². The van der Waals surface area contributed by atoms with Crippen molar-refractivity contribution in [2.75, 3.05) is 7.11 Å². The molecule has 1 aromatic heterocycles. The van der Waals surface area contributed by atoms with Gasteiger partial charge in [0.05, 0.1) is 29.0 Å². The quantitative estimate of drug-likeness (QED) is 0.256. The number of halogens is 1. The van der Waals surface area contributed by atoms with Crippen LogP contribution in [0.4, 0.5) is 10.5 Å². The molecule has 0 radical (unpaired) electrons. The van der Waals surface area contributed by atoms with Crippen LogP contribution in [0, 0.1) is 10.1 Å². The van der Waals surface area contributed by atoms with Gasteiger partial charge in [0.15, 0.2) is 0 Å². The highest BCUT2D eigenvalue weighted by Gasteiger charge is 2.35. The van der Waals surface area contributed by atoms with Crippen LogP contribution in [0.1, 0.15) is 11.3 Å². The van der Waals surface area contributed by atoms with Crippen molar-refractivity contribution >= 4 is 46.3 Å². The first-order chi connectivity index (χ1) is 15.4. The summed E-state index contributed by atoms with van der Waals surface area (Å²) in [6, 6.07) is 14.3. The second-order valence-corrected chi connectivity index (χ2v) is 8.17. The monoisotopic (exact) mass is 470 g/mol. The van der Waals surface area contributed by atoms with Gasteiger partial charge in [-0.25, -0.2) is 0 Å². The van der Waals surface area contributed by atoms with Crippen molar-refractivity contribution in [3.8, 4) is 17.1 Å². The van der Waals surface area contributed by atoms with Crippen molar-refractivity contribution < 1.29 is 23.7 Å². The number of thioether (sulfide) groups is 1. The number of non-ortho nitro benzene ring substituents is 1. The smallest absolute Gasteiger partial charge is 0.293 e. The van der Waals surface area contributed by atoms with Crippen LogP contribution in [0.15, 0.2) is 63.9 Å². The fraction of sp³-hybridized carbons (Fsp3) is 0.0909. The van der Waals surface area contributed by atoms with Gasteiger partial charge in [0.2, 0.25) is 0 Å². The average molecular weight is 471 g/mol. The largest absolute Gasteiger partial charge is 0.496 e. The van der Waals surface area contributed by atoms with E-state index < -0.39 is 16.1 Å². The third kappa shape index (κ3) is 4.39. The number of imide groups is 1. The van der Waals surface area contributed by atoms with Crippen molar-refractivity contribution in [1.82, 2.24) is 4.90 Å². The number of nitrogens with zero attached hydrogens (tertiary/aromatic N) is 2. The van der Waals surface area contributed by atoms with Crippen LogP contribution in [0.3, 0.4) is 0 Å². The molecule has 0 atom stereocenters. The maximum absolute atomic E-state index is 12.8. The lowest BCUT2D eigenvalue weighted by Crippen LogP contribution is -2.27. The molecule has 1 aliphatic rings. The number of nitro benzene ring substituents is 1. The molecule has 10 heteroatoms. The number of ether oxygens (including phenoxy) is 1. The predicted molar refractivity (Wildman–Crippen MR) is 120 cm³/mol. The van der Waals surface area contributed by atoms with E-state index in [-0.39, 0.29) is 17.1 Å². The summed E-state index contributed by atoms with van der Waals surface area (Å²) < 4.78 is 11.0. The molecule has 0 aliphatic carbocycles. The molecule has 1 fully saturated rings. The molecule has 0 saturated carbocycles. The zero-order chi connectivity index (χ0) is 22.8. The summed E-state index contributed by atoms with van der Waals surface area (Å²) in [5.74, 6) is 0.612. The van der Waals surface area contributed by atoms with Crippen LogP contribution < -0.4 is 4.74 Å². The molecule has 2 amide bonds. The minimum absolute atomic E-state index is 0.108. The van der Waals surface area contributed by atoms with E-state index in [0.717, 1.165) is 22.2 Å². The lowest BCUT2D eigenvalue weighted by molar-refractivity contribution is -0.384. The predicted octanol–water partition coefficient (Wildman–Crippen LogP) is 5.75. The molecule has 1 saturated heterocycles. The first-order valence-electron chi connectivity index (χ1n) is 9.28. The van der Waals surface area contributed by atoms with Gasteiger partial charge in [0.1, 0.15) is 17.3 Å². The van der Waals surface area contributed by atoms with E-state index >= 15 is 0 Å². The van der Waals surface area contributed by atoms with Crippen LogP contribution in [-0.2, 0) is 11.3 Å². The topological polar surface area (TPSA) is 103 Å². The van der Waals surface area contributed by atoms with Gasteiger partial charge >= 0.3 is 0 Å². The van der Waals surface area contributed by atoms with Crippen LogP contribution >= 0.6 is 23.4 Å². The molecule has 32 heavy (non-hydrogen) atoms. The third-order valence-electron chi connectivity index (χ3n) is 4.66. The number of methoxy groups -OCH3 is 1. The number of carbonyl (C=O) groups is 2. The molecule has 162 valence electrons. The fourth-order valence-electron chi connectivity index (χ4n) is 3.16. The Labute approximate surface area is 191 Å². The Morgan fingerprint density at radius 2 is 2.00 bits per heavy atom. The van der Waals surface area contributed by atoms with Crippen molar-refractivity contribution in [3.05, 3.63) is 86.0 Å². The van der Waals surface area contributed by atoms with Crippen LogP contribution in [0.5, 0.6) is 5.75 Å².